The number of pyridine rings is 1. The van der Waals surface area contributed by atoms with Crippen LogP contribution in [0.15, 0.2) is 47.3 Å². The summed E-state index contributed by atoms with van der Waals surface area (Å²) in [4.78, 5) is 26.7. The SMILES string of the molecule is O=C(c1ccccc1Cl)N1C[C@@H]2C[C@H](C1)c1cccc(=O)n1C2. The number of hydrogen-bond acceptors (Lipinski definition) is 2. The minimum Gasteiger partial charge on any atom is -0.338 e. The van der Waals surface area contributed by atoms with Crippen LogP contribution in [0.4, 0.5) is 0 Å². The van der Waals surface area contributed by atoms with Crippen molar-refractivity contribution in [2.24, 2.45) is 5.92 Å². The summed E-state index contributed by atoms with van der Waals surface area (Å²) >= 11 is 6.17. The van der Waals surface area contributed by atoms with Crippen LogP contribution < -0.4 is 5.56 Å². The standard InChI is InChI=1S/C18H17ClN2O2/c19-15-5-2-1-4-14(15)18(23)20-9-12-8-13(11-20)16-6-3-7-17(22)21(16)10-12/h1-7,12-13H,8-11H2/t12-,13+/m0/s1. The van der Waals surface area contributed by atoms with Crippen LogP contribution in [0.25, 0.3) is 0 Å². The summed E-state index contributed by atoms with van der Waals surface area (Å²) in [5.74, 6) is 0.535. The van der Waals surface area contributed by atoms with Gasteiger partial charge in [-0.25, -0.2) is 0 Å². The molecule has 3 heterocycles. The van der Waals surface area contributed by atoms with Gasteiger partial charge in [0.15, 0.2) is 0 Å². The number of likely N-dealkylation sites (tertiary alicyclic amines) is 1. The van der Waals surface area contributed by atoms with Crippen molar-refractivity contribution in [3.63, 3.8) is 0 Å². The molecular formula is C18H17ClN2O2. The maximum absolute atomic E-state index is 12.8. The molecule has 0 spiro atoms. The number of carbonyl (C=O) groups is 1. The Morgan fingerprint density at radius 3 is 2.70 bits per heavy atom. The van der Waals surface area contributed by atoms with Crippen molar-refractivity contribution in [2.45, 2.75) is 18.9 Å². The molecule has 4 nitrogen and oxygen atoms in total. The van der Waals surface area contributed by atoms with Crippen molar-refractivity contribution in [2.75, 3.05) is 13.1 Å². The predicted octanol–water partition coefficient (Wildman–Crippen LogP) is 2.76. The first kappa shape index (κ1) is 14.5. The van der Waals surface area contributed by atoms with Crippen LogP contribution in [0.3, 0.4) is 0 Å². The van der Waals surface area contributed by atoms with E-state index in [-0.39, 0.29) is 17.4 Å². The van der Waals surface area contributed by atoms with Gasteiger partial charge in [0, 0.05) is 37.3 Å². The summed E-state index contributed by atoms with van der Waals surface area (Å²) in [6, 6.07) is 12.6. The maximum atomic E-state index is 12.8. The molecule has 118 valence electrons. The number of nitrogens with zero attached hydrogens (tertiary/aromatic N) is 2. The summed E-state index contributed by atoms with van der Waals surface area (Å²) in [5, 5.41) is 0.491. The van der Waals surface area contributed by atoms with Crippen LogP contribution in [-0.2, 0) is 6.54 Å². The monoisotopic (exact) mass is 328 g/mol. The van der Waals surface area contributed by atoms with Crippen molar-refractivity contribution in [3.8, 4) is 0 Å². The zero-order chi connectivity index (χ0) is 16.0. The summed E-state index contributed by atoms with van der Waals surface area (Å²) in [7, 11) is 0. The van der Waals surface area contributed by atoms with E-state index in [1.54, 1.807) is 18.2 Å². The molecule has 0 radical (unpaired) electrons. The van der Waals surface area contributed by atoms with E-state index in [1.165, 1.54) is 0 Å². The first-order valence-electron chi connectivity index (χ1n) is 7.87. The average Bonchev–Trinajstić information content (AvgIpc) is 2.55. The highest BCUT2D eigenvalue weighted by atomic mass is 35.5. The van der Waals surface area contributed by atoms with Gasteiger partial charge < -0.3 is 9.47 Å². The fourth-order valence-corrected chi connectivity index (χ4v) is 4.08. The highest BCUT2D eigenvalue weighted by molar-refractivity contribution is 6.33. The lowest BCUT2D eigenvalue weighted by atomic mass is 9.83. The van der Waals surface area contributed by atoms with Crippen LogP contribution >= 0.6 is 11.6 Å². The number of hydrogen-bond donors (Lipinski definition) is 0. The number of carbonyl (C=O) groups excluding carboxylic acids is 1. The van der Waals surface area contributed by atoms with E-state index < -0.39 is 0 Å². The molecule has 1 aromatic heterocycles. The third kappa shape index (κ3) is 2.47. The largest absolute Gasteiger partial charge is 0.338 e. The summed E-state index contributed by atoms with van der Waals surface area (Å²) in [5.41, 5.74) is 1.66. The second-order valence-corrected chi connectivity index (χ2v) is 6.80. The summed E-state index contributed by atoms with van der Waals surface area (Å²) in [6.45, 7) is 2.02. The molecule has 4 rings (SSSR count). The number of benzene rings is 1. The molecule has 2 aromatic rings. The number of rotatable bonds is 1. The normalized spacial score (nSPS) is 22.6. The van der Waals surface area contributed by atoms with Crippen LogP contribution in [0.5, 0.6) is 0 Å². The van der Waals surface area contributed by atoms with Gasteiger partial charge >= 0.3 is 0 Å². The van der Waals surface area contributed by atoms with Crippen molar-refractivity contribution in [3.05, 3.63) is 69.1 Å². The molecule has 23 heavy (non-hydrogen) atoms. The van der Waals surface area contributed by atoms with E-state index in [0.717, 1.165) is 12.1 Å². The molecule has 1 saturated heterocycles. The van der Waals surface area contributed by atoms with Gasteiger partial charge in [-0.05, 0) is 30.5 Å². The molecule has 0 N–H and O–H groups in total. The molecule has 1 amide bonds. The Hall–Kier alpha value is -2.07. The van der Waals surface area contributed by atoms with Crippen molar-refractivity contribution < 1.29 is 4.79 Å². The van der Waals surface area contributed by atoms with E-state index in [4.69, 9.17) is 11.6 Å². The number of piperidine rings is 1. The second-order valence-electron chi connectivity index (χ2n) is 6.39. The van der Waals surface area contributed by atoms with E-state index in [2.05, 4.69) is 0 Å². The molecule has 0 aliphatic carbocycles. The average molecular weight is 329 g/mol. The zero-order valence-electron chi connectivity index (χ0n) is 12.6. The lowest BCUT2D eigenvalue weighted by Crippen LogP contribution is -2.49. The van der Waals surface area contributed by atoms with Gasteiger partial charge in [-0.15, -0.1) is 0 Å². The van der Waals surface area contributed by atoms with Gasteiger partial charge in [0.05, 0.1) is 10.6 Å². The van der Waals surface area contributed by atoms with Crippen LogP contribution in [0, 0.1) is 5.92 Å². The lowest BCUT2D eigenvalue weighted by Gasteiger charge is -2.42. The minimum atomic E-state index is -0.0166. The van der Waals surface area contributed by atoms with E-state index in [1.807, 2.05) is 33.7 Å². The minimum absolute atomic E-state index is 0.0166. The topological polar surface area (TPSA) is 42.3 Å². The number of amides is 1. The molecule has 2 atom stereocenters. The third-order valence-electron chi connectivity index (χ3n) is 4.87. The van der Waals surface area contributed by atoms with E-state index in [0.29, 0.717) is 36.1 Å². The highest BCUT2D eigenvalue weighted by Gasteiger charge is 2.36. The molecule has 2 aliphatic heterocycles. The molecule has 1 aromatic carbocycles. The Labute approximate surface area is 139 Å². The van der Waals surface area contributed by atoms with Crippen molar-refractivity contribution in [1.29, 1.82) is 0 Å². The number of fused-ring (bicyclic) bond motifs is 4. The highest BCUT2D eigenvalue weighted by Crippen LogP contribution is 2.35. The van der Waals surface area contributed by atoms with Gasteiger partial charge in [-0.2, -0.15) is 0 Å². The van der Waals surface area contributed by atoms with E-state index in [9.17, 15) is 9.59 Å². The molecule has 0 unspecified atom stereocenters. The molecule has 5 heteroatoms. The Morgan fingerprint density at radius 1 is 1.04 bits per heavy atom. The first-order chi connectivity index (χ1) is 11.1. The van der Waals surface area contributed by atoms with Gasteiger partial charge in [-0.3, -0.25) is 9.59 Å². The van der Waals surface area contributed by atoms with Gasteiger partial charge in [-0.1, -0.05) is 29.8 Å². The molecule has 2 aliphatic rings. The quantitative estimate of drug-likeness (QED) is 0.808. The van der Waals surface area contributed by atoms with Crippen molar-refractivity contribution >= 4 is 17.5 Å². The molecular weight excluding hydrogens is 312 g/mol. The number of halogens is 1. The zero-order valence-corrected chi connectivity index (χ0v) is 13.4. The fourth-order valence-electron chi connectivity index (χ4n) is 3.87. The summed E-state index contributed by atoms with van der Waals surface area (Å²) in [6.07, 6.45) is 1.04. The second kappa shape index (κ2) is 5.53. The molecule has 0 saturated carbocycles. The first-order valence-corrected chi connectivity index (χ1v) is 8.25. The van der Waals surface area contributed by atoms with Crippen molar-refractivity contribution in [1.82, 2.24) is 9.47 Å². The fraction of sp³-hybridized carbons (Fsp3) is 0.333. The summed E-state index contributed by atoms with van der Waals surface area (Å²) < 4.78 is 1.87. The third-order valence-corrected chi connectivity index (χ3v) is 5.20. The van der Waals surface area contributed by atoms with Gasteiger partial charge in [0.25, 0.3) is 11.5 Å². The lowest BCUT2D eigenvalue weighted by molar-refractivity contribution is 0.0595. The molecule has 2 bridgehead atoms. The Bertz CT molecular complexity index is 830. The van der Waals surface area contributed by atoms with Crippen LogP contribution in [-0.4, -0.2) is 28.5 Å². The number of aromatic nitrogens is 1. The Balaban J connectivity index is 1.65. The van der Waals surface area contributed by atoms with Gasteiger partial charge in [0.1, 0.15) is 0 Å². The smallest absolute Gasteiger partial charge is 0.255 e. The van der Waals surface area contributed by atoms with Gasteiger partial charge in [0.2, 0.25) is 0 Å². The predicted molar refractivity (Wildman–Crippen MR) is 88.9 cm³/mol. The Morgan fingerprint density at radius 2 is 1.87 bits per heavy atom. The van der Waals surface area contributed by atoms with Crippen LogP contribution in [0.2, 0.25) is 5.02 Å². The van der Waals surface area contributed by atoms with E-state index >= 15 is 0 Å². The molecule has 1 fully saturated rings. The van der Waals surface area contributed by atoms with Crippen LogP contribution in [0.1, 0.15) is 28.4 Å². The Kier molecular flexibility index (Phi) is 3.49. The maximum Gasteiger partial charge on any atom is 0.255 e.